The third-order valence-corrected chi connectivity index (χ3v) is 1.61. The fourth-order valence-corrected chi connectivity index (χ4v) is 0.963. The molecule has 0 heterocycles. The lowest BCUT2D eigenvalue weighted by Crippen LogP contribution is -2.22. The van der Waals surface area contributed by atoms with Crippen molar-refractivity contribution in [1.82, 2.24) is 0 Å². The second kappa shape index (κ2) is 5.14. The number of ether oxygens (including phenoxy) is 1. The number of anilines is 1. The van der Waals surface area contributed by atoms with Gasteiger partial charge in [0.15, 0.2) is 5.96 Å². The number of benzene rings is 1. The number of nitrogens with one attached hydrogen (secondary N) is 1. The van der Waals surface area contributed by atoms with Crippen LogP contribution in [0.1, 0.15) is 0 Å². The van der Waals surface area contributed by atoms with Gasteiger partial charge in [-0.2, -0.15) is 8.78 Å². The molecule has 1 aromatic rings. The van der Waals surface area contributed by atoms with Crippen molar-refractivity contribution in [2.24, 2.45) is 10.7 Å². The number of para-hydroxylation sites is 2. The maximum Gasteiger partial charge on any atom is 0.387 e. The van der Waals surface area contributed by atoms with Crippen LogP contribution in [0.4, 0.5) is 14.5 Å². The summed E-state index contributed by atoms with van der Waals surface area (Å²) in [5, 5.41) is 2.63. The van der Waals surface area contributed by atoms with E-state index in [-0.39, 0.29) is 11.7 Å². The Morgan fingerprint density at radius 2 is 2.13 bits per heavy atom. The predicted molar refractivity (Wildman–Crippen MR) is 54.2 cm³/mol. The standard InChI is InChI=1S/C9H11F2N3O/c1-13-9(12)14-6-4-2-3-5-7(6)15-8(10)11/h2-5,8H,1H3,(H3,12,13,14). The van der Waals surface area contributed by atoms with Gasteiger partial charge in [-0.15, -0.1) is 0 Å². The smallest absolute Gasteiger partial charge is 0.387 e. The monoisotopic (exact) mass is 215 g/mol. The van der Waals surface area contributed by atoms with Gasteiger partial charge in [-0.05, 0) is 12.1 Å². The van der Waals surface area contributed by atoms with E-state index in [4.69, 9.17) is 5.73 Å². The molecule has 1 aromatic carbocycles. The highest BCUT2D eigenvalue weighted by Crippen LogP contribution is 2.24. The SMILES string of the molecule is CN=C(N)Nc1ccccc1OC(F)F. The van der Waals surface area contributed by atoms with Crippen LogP contribution < -0.4 is 15.8 Å². The van der Waals surface area contributed by atoms with Crippen molar-refractivity contribution >= 4 is 11.6 Å². The van der Waals surface area contributed by atoms with E-state index in [0.717, 1.165) is 0 Å². The summed E-state index contributed by atoms with van der Waals surface area (Å²) < 4.78 is 28.3. The molecule has 0 bridgehead atoms. The quantitative estimate of drug-likeness (QED) is 0.595. The van der Waals surface area contributed by atoms with Crippen LogP contribution in [0.5, 0.6) is 5.75 Å². The number of alkyl halides is 2. The zero-order chi connectivity index (χ0) is 11.3. The molecule has 0 saturated carbocycles. The predicted octanol–water partition coefficient (Wildman–Crippen LogP) is 1.64. The maximum absolute atomic E-state index is 12.0. The third-order valence-electron chi connectivity index (χ3n) is 1.61. The Morgan fingerprint density at radius 3 is 2.73 bits per heavy atom. The molecule has 0 unspecified atom stereocenters. The van der Waals surface area contributed by atoms with Crippen molar-refractivity contribution in [3.05, 3.63) is 24.3 Å². The zero-order valence-electron chi connectivity index (χ0n) is 8.08. The van der Waals surface area contributed by atoms with Crippen molar-refractivity contribution in [2.45, 2.75) is 6.61 Å². The van der Waals surface area contributed by atoms with Crippen LogP contribution in [0, 0.1) is 0 Å². The lowest BCUT2D eigenvalue weighted by atomic mass is 10.3. The average molecular weight is 215 g/mol. The number of halogens is 2. The van der Waals surface area contributed by atoms with Gasteiger partial charge in [0.1, 0.15) is 5.75 Å². The molecule has 1 rings (SSSR count). The van der Waals surface area contributed by atoms with Gasteiger partial charge in [-0.1, -0.05) is 12.1 Å². The summed E-state index contributed by atoms with van der Waals surface area (Å²) in [6, 6.07) is 6.24. The first kappa shape index (κ1) is 11.2. The van der Waals surface area contributed by atoms with Gasteiger partial charge in [0.2, 0.25) is 0 Å². The highest BCUT2D eigenvalue weighted by Gasteiger charge is 2.08. The first-order chi connectivity index (χ1) is 7.13. The van der Waals surface area contributed by atoms with Crippen molar-refractivity contribution < 1.29 is 13.5 Å². The van der Waals surface area contributed by atoms with Gasteiger partial charge < -0.3 is 15.8 Å². The molecule has 0 fully saturated rings. The van der Waals surface area contributed by atoms with E-state index in [1.165, 1.54) is 13.1 Å². The molecule has 0 aliphatic rings. The lowest BCUT2D eigenvalue weighted by molar-refractivity contribution is -0.0493. The van der Waals surface area contributed by atoms with Gasteiger partial charge in [0.25, 0.3) is 0 Å². The van der Waals surface area contributed by atoms with Gasteiger partial charge in [0.05, 0.1) is 5.69 Å². The summed E-state index contributed by atoms with van der Waals surface area (Å²) in [5.74, 6) is 0.152. The molecule has 0 aliphatic carbocycles. The number of nitrogens with two attached hydrogens (primary N) is 1. The Bertz CT molecular complexity index is 355. The molecule has 0 amide bonds. The minimum absolute atomic E-state index is 0.0269. The molecular weight excluding hydrogens is 204 g/mol. The van der Waals surface area contributed by atoms with Crippen LogP contribution in [-0.4, -0.2) is 19.6 Å². The third kappa shape index (κ3) is 3.41. The number of aliphatic imine (C=N–C) groups is 1. The molecule has 3 N–H and O–H groups in total. The largest absolute Gasteiger partial charge is 0.433 e. The van der Waals surface area contributed by atoms with E-state index in [9.17, 15) is 8.78 Å². The van der Waals surface area contributed by atoms with E-state index in [1.54, 1.807) is 18.2 Å². The van der Waals surface area contributed by atoms with Crippen LogP contribution in [0.15, 0.2) is 29.3 Å². The molecule has 4 nitrogen and oxygen atoms in total. The van der Waals surface area contributed by atoms with Crippen LogP contribution in [0.2, 0.25) is 0 Å². The second-order valence-corrected chi connectivity index (χ2v) is 2.61. The number of guanidine groups is 1. The summed E-state index contributed by atoms with van der Waals surface area (Å²) in [5.41, 5.74) is 5.75. The fraction of sp³-hybridized carbons (Fsp3) is 0.222. The van der Waals surface area contributed by atoms with Gasteiger partial charge in [-0.3, -0.25) is 4.99 Å². The van der Waals surface area contributed by atoms with E-state index in [1.807, 2.05) is 0 Å². The number of hydrogen-bond acceptors (Lipinski definition) is 2. The summed E-state index contributed by atoms with van der Waals surface area (Å²) in [6.45, 7) is -2.87. The molecule has 0 saturated heterocycles. The maximum atomic E-state index is 12.0. The van der Waals surface area contributed by atoms with Crippen molar-refractivity contribution in [3.63, 3.8) is 0 Å². The van der Waals surface area contributed by atoms with Gasteiger partial charge in [-0.25, -0.2) is 0 Å². The topological polar surface area (TPSA) is 59.6 Å². The number of rotatable bonds is 3. The molecule has 0 radical (unpaired) electrons. The second-order valence-electron chi connectivity index (χ2n) is 2.61. The van der Waals surface area contributed by atoms with E-state index in [2.05, 4.69) is 15.0 Å². The average Bonchev–Trinajstić information content (AvgIpc) is 2.20. The Morgan fingerprint density at radius 1 is 1.47 bits per heavy atom. The van der Waals surface area contributed by atoms with E-state index < -0.39 is 6.61 Å². The summed E-state index contributed by atoms with van der Waals surface area (Å²) >= 11 is 0. The van der Waals surface area contributed by atoms with E-state index in [0.29, 0.717) is 5.69 Å². The summed E-state index contributed by atoms with van der Waals surface area (Å²) in [6.07, 6.45) is 0. The van der Waals surface area contributed by atoms with Gasteiger partial charge >= 0.3 is 6.61 Å². The van der Waals surface area contributed by atoms with Crippen LogP contribution in [0.25, 0.3) is 0 Å². The minimum atomic E-state index is -2.87. The minimum Gasteiger partial charge on any atom is -0.433 e. The zero-order valence-corrected chi connectivity index (χ0v) is 8.08. The first-order valence-corrected chi connectivity index (χ1v) is 4.16. The normalized spacial score (nSPS) is 11.6. The Labute approximate surface area is 85.8 Å². The molecule has 0 aromatic heterocycles. The summed E-state index contributed by atoms with van der Waals surface area (Å²) in [4.78, 5) is 3.64. The molecule has 15 heavy (non-hydrogen) atoms. The van der Waals surface area contributed by atoms with Crippen molar-refractivity contribution in [1.29, 1.82) is 0 Å². The van der Waals surface area contributed by atoms with Gasteiger partial charge in [0, 0.05) is 7.05 Å². The Kier molecular flexibility index (Phi) is 3.84. The molecular formula is C9H11F2N3O. The van der Waals surface area contributed by atoms with Crippen LogP contribution in [0.3, 0.4) is 0 Å². The van der Waals surface area contributed by atoms with E-state index >= 15 is 0 Å². The highest BCUT2D eigenvalue weighted by molar-refractivity contribution is 5.93. The summed E-state index contributed by atoms with van der Waals surface area (Å²) in [7, 11) is 1.49. The Hall–Kier alpha value is -1.85. The van der Waals surface area contributed by atoms with Crippen molar-refractivity contribution in [2.75, 3.05) is 12.4 Å². The lowest BCUT2D eigenvalue weighted by Gasteiger charge is -2.11. The molecule has 0 atom stereocenters. The molecule has 6 heteroatoms. The van der Waals surface area contributed by atoms with Crippen LogP contribution >= 0.6 is 0 Å². The fourth-order valence-electron chi connectivity index (χ4n) is 0.963. The van der Waals surface area contributed by atoms with Crippen LogP contribution in [-0.2, 0) is 0 Å². The molecule has 0 aliphatic heterocycles. The number of hydrogen-bond donors (Lipinski definition) is 2. The first-order valence-electron chi connectivity index (χ1n) is 4.16. The molecule has 82 valence electrons. The Balaban J connectivity index is 2.86. The number of nitrogens with zero attached hydrogens (tertiary/aromatic N) is 1. The highest BCUT2D eigenvalue weighted by atomic mass is 19.3. The molecule has 0 spiro atoms. The van der Waals surface area contributed by atoms with Crippen molar-refractivity contribution in [3.8, 4) is 5.75 Å².